The van der Waals surface area contributed by atoms with Gasteiger partial charge in [0, 0.05) is 23.8 Å². The number of hydrogen-bond donors (Lipinski definition) is 1. The number of halogens is 2. The number of thioether (sulfide) groups is 1. The SMILES string of the molecule is C=C/C=C(\C=C(\C)CCCC)C(S/C(=C\C)C(C)NC(=O)c1cc(C(C)(F)F)nn1C)=C(C)CC.CC. The molecule has 0 fully saturated rings. The van der Waals surface area contributed by atoms with Crippen LogP contribution in [0.1, 0.15) is 104 Å². The molecule has 0 radical (unpaired) electrons. The molecule has 208 valence electrons. The molecule has 0 aromatic carbocycles. The van der Waals surface area contributed by atoms with Gasteiger partial charge in [-0.15, -0.1) is 0 Å². The molecule has 4 nitrogen and oxygen atoms in total. The van der Waals surface area contributed by atoms with E-state index in [1.807, 2.05) is 39.8 Å². The van der Waals surface area contributed by atoms with Gasteiger partial charge in [-0.25, -0.2) is 0 Å². The van der Waals surface area contributed by atoms with Gasteiger partial charge in [-0.3, -0.25) is 9.48 Å². The molecule has 7 heteroatoms. The monoisotopic (exact) mass is 535 g/mol. The number of hydrogen-bond acceptors (Lipinski definition) is 3. The molecule has 1 N–H and O–H groups in total. The Hall–Kier alpha value is -2.41. The Bertz CT molecular complexity index is 1010. The van der Waals surface area contributed by atoms with E-state index in [-0.39, 0.29) is 11.7 Å². The van der Waals surface area contributed by atoms with Crippen LogP contribution in [-0.2, 0) is 13.0 Å². The van der Waals surface area contributed by atoms with E-state index in [9.17, 15) is 13.6 Å². The summed E-state index contributed by atoms with van der Waals surface area (Å²) in [4.78, 5) is 15.0. The second-order valence-electron chi connectivity index (χ2n) is 8.83. The molecule has 1 unspecified atom stereocenters. The molecule has 1 atom stereocenters. The lowest BCUT2D eigenvalue weighted by Crippen LogP contribution is -2.34. The summed E-state index contributed by atoms with van der Waals surface area (Å²) in [5.74, 6) is -3.56. The molecular weight excluding hydrogens is 488 g/mol. The molecule has 37 heavy (non-hydrogen) atoms. The highest BCUT2D eigenvalue weighted by atomic mass is 32.2. The summed E-state index contributed by atoms with van der Waals surface area (Å²) in [6.07, 6.45) is 12.2. The Kier molecular flexibility index (Phi) is 16.0. The van der Waals surface area contributed by atoms with E-state index in [1.54, 1.807) is 17.8 Å². The fourth-order valence-corrected chi connectivity index (χ4v) is 4.57. The summed E-state index contributed by atoms with van der Waals surface area (Å²) >= 11 is 1.62. The molecule has 0 aliphatic carbocycles. The van der Waals surface area contributed by atoms with Crippen molar-refractivity contribution in [2.24, 2.45) is 7.05 Å². The zero-order valence-electron chi connectivity index (χ0n) is 24.5. The van der Waals surface area contributed by atoms with Crippen molar-refractivity contribution in [3.8, 4) is 0 Å². The van der Waals surface area contributed by atoms with E-state index in [1.165, 1.54) is 22.9 Å². The Labute approximate surface area is 228 Å². The second-order valence-corrected chi connectivity index (χ2v) is 9.91. The standard InChI is InChI=1S/C28H41F2N3OS.C2H6/c1-10-14-16-19(5)17-22(15-11-2)26(20(6)12-3)35-24(13-4)21(7)31-27(34)23-18-25(28(8,29)30)32-33(23)9;1-2/h11,13,15,17-18,21H,2,10,12,14,16H2,1,3-9H3,(H,31,34);1-2H3/b19-17-,22-15+,24-13-,26-20?;. The van der Waals surface area contributed by atoms with Gasteiger partial charge in [-0.2, -0.15) is 13.9 Å². The molecule has 1 amide bonds. The Morgan fingerprint density at radius 3 is 2.38 bits per heavy atom. The summed E-state index contributed by atoms with van der Waals surface area (Å²) in [6, 6.07) is 0.819. The number of aryl methyl sites for hydroxylation is 1. The normalized spacial score (nSPS) is 14.4. The van der Waals surface area contributed by atoms with Crippen LogP contribution in [0.25, 0.3) is 0 Å². The number of amides is 1. The van der Waals surface area contributed by atoms with Crippen molar-refractivity contribution >= 4 is 17.7 Å². The van der Waals surface area contributed by atoms with Crippen LogP contribution in [0.3, 0.4) is 0 Å². The van der Waals surface area contributed by atoms with Gasteiger partial charge in [0.05, 0.1) is 6.04 Å². The van der Waals surface area contributed by atoms with Crippen LogP contribution in [0.15, 0.2) is 63.5 Å². The number of aromatic nitrogens is 2. The van der Waals surface area contributed by atoms with E-state index in [0.717, 1.165) is 54.1 Å². The van der Waals surface area contributed by atoms with Crippen molar-refractivity contribution in [3.63, 3.8) is 0 Å². The first-order valence-electron chi connectivity index (χ1n) is 13.2. The first kappa shape index (κ1) is 34.6. The van der Waals surface area contributed by atoms with Gasteiger partial charge < -0.3 is 5.32 Å². The largest absolute Gasteiger partial charge is 0.344 e. The summed E-state index contributed by atoms with van der Waals surface area (Å²) < 4.78 is 28.5. The lowest BCUT2D eigenvalue weighted by atomic mass is 10.0. The van der Waals surface area contributed by atoms with Gasteiger partial charge in [-0.1, -0.05) is 87.9 Å². The van der Waals surface area contributed by atoms with E-state index in [0.29, 0.717) is 0 Å². The summed E-state index contributed by atoms with van der Waals surface area (Å²) in [5.41, 5.74) is 3.31. The van der Waals surface area contributed by atoms with Gasteiger partial charge >= 0.3 is 0 Å². The molecule has 0 aliphatic rings. The van der Waals surface area contributed by atoms with Gasteiger partial charge in [0.15, 0.2) is 0 Å². The number of carbonyl (C=O) groups is 1. The van der Waals surface area contributed by atoms with Crippen molar-refractivity contribution in [1.29, 1.82) is 0 Å². The highest BCUT2D eigenvalue weighted by Gasteiger charge is 2.30. The smallest absolute Gasteiger partial charge is 0.288 e. The fourth-order valence-electron chi connectivity index (χ4n) is 3.41. The number of nitrogens with zero attached hydrogens (tertiary/aromatic N) is 2. The van der Waals surface area contributed by atoms with E-state index < -0.39 is 17.5 Å². The fraction of sp³-hybridized carbons (Fsp3) is 0.533. The molecule has 1 aromatic heterocycles. The average molecular weight is 536 g/mol. The molecule has 1 aromatic rings. The molecule has 0 saturated carbocycles. The third kappa shape index (κ3) is 11.2. The number of allylic oxidation sites excluding steroid dienone is 7. The van der Waals surface area contributed by atoms with Crippen molar-refractivity contribution in [2.45, 2.75) is 100.0 Å². The third-order valence-electron chi connectivity index (χ3n) is 5.65. The zero-order chi connectivity index (χ0) is 28.8. The lowest BCUT2D eigenvalue weighted by molar-refractivity contribution is 0.0122. The van der Waals surface area contributed by atoms with Gasteiger partial charge in [0.1, 0.15) is 11.4 Å². The van der Waals surface area contributed by atoms with Gasteiger partial charge in [0.2, 0.25) is 0 Å². The number of alkyl halides is 2. The Morgan fingerprint density at radius 2 is 1.92 bits per heavy atom. The predicted molar refractivity (Wildman–Crippen MR) is 157 cm³/mol. The molecule has 1 rings (SSSR count). The number of unbranched alkanes of at least 4 members (excludes halogenated alkanes) is 1. The second kappa shape index (κ2) is 17.2. The summed E-state index contributed by atoms with van der Waals surface area (Å²) in [5, 5.41) is 6.75. The molecule has 0 bridgehead atoms. The van der Waals surface area contributed by atoms with Crippen molar-refractivity contribution in [1.82, 2.24) is 15.1 Å². The van der Waals surface area contributed by atoms with Crippen molar-refractivity contribution in [2.75, 3.05) is 0 Å². The summed E-state index contributed by atoms with van der Waals surface area (Å²) in [7, 11) is 1.49. The van der Waals surface area contributed by atoms with Crippen LogP contribution in [0.5, 0.6) is 0 Å². The highest BCUT2D eigenvalue weighted by molar-refractivity contribution is 8.07. The zero-order valence-corrected chi connectivity index (χ0v) is 25.3. The third-order valence-corrected chi connectivity index (χ3v) is 7.26. The first-order chi connectivity index (χ1) is 17.4. The van der Waals surface area contributed by atoms with Crippen LogP contribution < -0.4 is 5.32 Å². The van der Waals surface area contributed by atoms with Gasteiger partial charge in [-0.05, 0) is 58.6 Å². The maximum Gasteiger partial charge on any atom is 0.288 e. The quantitative estimate of drug-likeness (QED) is 0.256. The van der Waals surface area contributed by atoms with Crippen LogP contribution in [-0.4, -0.2) is 21.7 Å². The average Bonchev–Trinajstić information content (AvgIpc) is 3.26. The number of nitrogens with one attached hydrogen (secondary N) is 1. The molecule has 0 saturated heterocycles. The van der Waals surface area contributed by atoms with Crippen molar-refractivity contribution < 1.29 is 13.6 Å². The van der Waals surface area contributed by atoms with Crippen LogP contribution >= 0.6 is 11.8 Å². The Morgan fingerprint density at radius 1 is 1.30 bits per heavy atom. The van der Waals surface area contributed by atoms with Crippen LogP contribution in [0.4, 0.5) is 8.78 Å². The number of carbonyl (C=O) groups excluding carboxylic acids is 1. The van der Waals surface area contributed by atoms with E-state index in [2.05, 4.69) is 50.8 Å². The first-order valence-corrected chi connectivity index (χ1v) is 14.0. The molecule has 0 spiro atoms. The van der Waals surface area contributed by atoms with Crippen LogP contribution in [0, 0.1) is 0 Å². The Balaban J connectivity index is 0.00000631. The molecule has 0 aliphatic heterocycles. The van der Waals surface area contributed by atoms with Crippen LogP contribution in [0.2, 0.25) is 0 Å². The molecular formula is C30H47F2N3OS. The van der Waals surface area contributed by atoms with Gasteiger partial charge in [0.25, 0.3) is 11.8 Å². The minimum Gasteiger partial charge on any atom is -0.344 e. The molecule has 1 heterocycles. The topological polar surface area (TPSA) is 46.9 Å². The van der Waals surface area contributed by atoms with E-state index in [4.69, 9.17) is 0 Å². The highest BCUT2D eigenvalue weighted by Crippen LogP contribution is 2.37. The van der Waals surface area contributed by atoms with E-state index >= 15 is 0 Å². The number of rotatable bonds is 13. The predicted octanol–water partition coefficient (Wildman–Crippen LogP) is 9.25. The van der Waals surface area contributed by atoms with Crippen molar-refractivity contribution in [3.05, 3.63) is 74.9 Å². The maximum atomic E-state index is 13.7. The minimum atomic E-state index is -3.11. The summed E-state index contributed by atoms with van der Waals surface area (Å²) in [6.45, 7) is 21.1. The maximum absolute atomic E-state index is 13.7. The lowest BCUT2D eigenvalue weighted by Gasteiger charge is -2.21. The minimum absolute atomic E-state index is 0.0936.